The van der Waals surface area contributed by atoms with Gasteiger partial charge in [0.05, 0.1) is 24.5 Å². The zero-order valence-corrected chi connectivity index (χ0v) is 19.2. The van der Waals surface area contributed by atoms with Crippen LogP contribution >= 0.6 is 35.3 Å². The zero-order chi connectivity index (χ0) is 18.2. The van der Waals surface area contributed by atoms with Gasteiger partial charge in [0.1, 0.15) is 0 Å². The third-order valence-electron chi connectivity index (χ3n) is 3.99. The molecule has 0 fully saturated rings. The molecule has 0 bridgehead atoms. The molecule has 146 valence electrons. The van der Waals surface area contributed by atoms with Gasteiger partial charge >= 0.3 is 0 Å². The number of nitrogens with one attached hydrogen (secondary N) is 2. The molecule has 26 heavy (non-hydrogen) atoms. The van der Waals surface area contributed by atoms with Crippen LogP contribution < -0.4 is 15.5 Å². The number of aromatic nitrogens is 2. The molecule has 0 aromatic carbocycles. The maximum Gasteiger partial charge on any atom is 0.191 e. The van der Waals surface area contributed by atoms with E-state index >= 15 is 0 Å². The summed E-state index contributed by atoms with van der Waals surface area (Å²) in [6.07, 6.45) is 2.14. The molecule has 2 heterocycles. The molecule has 2 aromatic heterocycles. The summed E-state index contributed by atoms with van der Waals surface area (Å²) < 4.78 is 5.43. The number of halogens is 1. The lowest BCUT2D eigenvalue weighted by Crippen LogP contribution is -2.36. The van der Waals surface area contributed by atoms with Crippen LogP contribution in [-0.4, -0.2) is 37.2 Å². The molecule has 0 atom stereocenters. The van der Waals surface area contributed by atoms with E-state index in [0.29, 0.717) is 25.0 Å². The summed E-state index contributed by atoms with van der Waals surface area (Å²) in [5.41, 5.74) is 2.02. The number of rotatable bonds is 8. The Labute approximate surface area is 176 Å². The highest BCUT2D eigenvalue weighted by molar-refractivity contribution is 14.0. The van der Waals surface area contributed by atoms with E-state index in [9.17, 15) is 0 Å². The summed E-state index contributed by atoms with van der Waals surface area (Å²) >= 11 is 1.63. The van der Waals surface area contributed by atoms with Gasteiger partial charge in [-0.2, -0.15) is 0 Å². The molecule has 0 unspecified atom stereocenters. The third kappa shape index (κ3) is 6.42. The monoisotopic (exact) mass is 492 g/mol. The molecule has 7 nitrogen and oxygen atoms in total. The number of aliphatic imine (C=N–C) groups is 1. The van der Waals surface area contributed by atoms with Gasteiger partial charge in [-0.25, -0.2) is 4.98 Å². The van der Waals surface area contributed by atoms with Gasteiger partial charge in [-0.1, -0.05) is 19.0 Å². The second kappa shape index (κ2) is 11.4. The van der Waals surface area contributed by atoms with E-state index < -0.39 is 0 Å². The van der Waals surface area contributed by atoms with E-state index in [-0.39, 0.29) is 24.0 Å². The summed E-state index contributed by atoms with van der Waals surface area (Å²) in [6, 6.07) is 2.03. The van der Waals surface area contributed by atoms with Gasteiger partial charge in [0.2, 0.25) is 0 Å². The van der Waals surface area contributed by atoms with Crippen LogP contribution in [0.3, 0.4) is 0 Å². The SMILES string of the molecule is CCC(CC)c1cc(CNC(=NC)NCc2csc(N(C)C)n2)on1.I. The molecule has 2 aromatic rings. The summed E-state index contributed by atoms with van der Waals surface area (Å²) in [4.78, 5) is 10.8. The summed E-state index contributed by atoms with van der Waals surface area (Å²) in [5.74, 6) is 1.98. The van der Waals surface area contributed by atoms with Crippen LogP contribution in [0.1, 0.15) is 49.8 Å². The molecular weight excluding hydrogens is 463 g/mol. The number of hydrogen-bond acceptors (Lipinski definition) is 6. The van der Waals surface area contributed by atoms with E-state index in [4.69, 9.17) is 4.52 Å². The van der Waals surface area contributed by atoms with Crippen molar-refractivity contribution in [2.24, 2.45) is 4.99 Å². The van der Waals surface area contributed by atoms with E-state index in [0.717, 1.165) is 35.1 Å². The van der Waals surface area contributed by atoms with E-state index in [1.165, 1.54) is 0 Å². The average Bonchev–Trinajstić information content (AvgIpc) is 3.26. The Morgan fingerprint density at radius 2 is 1.96 bits per heavy atom. The fourth-order valence-corrected chi connectivity index (χ4v) is 3.22. The Morgan fingerprint density at radius 3 is 2.54 bits per heavy atom. The molecular formula is C17H29IN6OS. The average molecular weight is 492 g/mol. The van der Waals surface area contributed by atoms with Gasteiger partial charge in [0.25, 0.3) is 0 Å². The highest BCUT2D eigenvalue weighted by Crippen LogP contribution is 2.22. The Kier molecular flexibility index (Phi) is 9.92. The molecule has 2 N–H and O–H groups in total. The molecule has 0 saturated carbocycles. The van der Waals surface area contributed by atoms with Crippen LogP contribution in [-0.2, 0) is 13.1 Å². The van der Waals surface area contributed by atoms with Gasteiger partial charge in [-0.15, -0.1) is 35.3 Å². The standard InChI is InChI=1S/C17H28N6OS.HI/c1-6-12(7-2)15-8-14(24-22-15)10-20-16(18-3)19-9-13-11-25-17(21-13)23(4)5;/h8,11-12H,6-7,9-10H2,1-5H3,(H2,18,19,20);1H. The molecule has 0 spiro atoms. The summed E-state index contributed by atoms with van der Waals surface area (Å²) in [6.45, 7) is 5.52. The van der Waals surface area contributed by atoms with E-state index in [1.54, 1.807) is 18.4 Å². The molecule has 9 heteroatoms. The van der Waals surface area contributed by atoms with Crippen molar-refractivity contribution in [3.8, 4) is 0 Å². The summed E-state index contributed by atoms with van der Waals surface area (Å²) in [7, 11) is 5.73. The van der Waals surface area contributed by atoms with Gasteiger partial charge in [0.15, 0.2) is 16.9 Å². The molecule has 2 rings (SSSR count). The second-order valence-corrected chi connectivity index (χ2v) is 6.86. The van der Waals surface area contributed by atoms with Crippen molar-refractivity contribution in [3.05, 3.63) is 28.6 Å². The first-order valence-electron chi connectivity index (χ1n) is 8.59. The van der Waals surface area contributed by atoms with Crippen LogP contribution in [0.25, 0.3) is 0 Å². The quantitative estimate of drug-likeness (QED) is 0.333. The Hall–Kier alpha value is -1.36. The Bertz CT molecular complexity index is 680. The minimum Gasteiger partial charge on any atom is -0.359 e. The topological polar surface area (TPSA) is 78.6 Å². The van der Waals surface area contributed by atoms with Crippen molar-refractivity contribution < 1.29 is 4.52 Å². The normalized spacial score (nSPS) is 11.4. The smallest absolute Gasteiger partial charge is 0.191 e. The van der Waals surface area contributed by atoms with Gasteiger partial charge < -0.3 is 20.1 Å². The number of guanidine groups is 1. The van der Waals surface area contributed by atoms with Crippen molar-refractivity contribution >= 4 is 46.4 Å². The fraction of sp³-hybridized carbons (Fsp3) is 0.588. The molecule has 0 amide bonds. The first-order chi connectivity index (χ1) is 12.1. The Morgan fingerprint density at radius 1 is 1.27 bits per heavy atom. The van der Waals surface area contributed by atoms with Crippen LogP contribution in [0.2, 0.25) is 0 Å². The van der Waals surface area contributed by atoms with Crippen molar-refractivity contribution in [3.63, 3.8) is 0 Å². The molecule has 0 aliphatic carbocycles. The lowest BCUT2D eigenvalue weighted by molar-refractivity contribution is 0.368. The van der Waals surface area contributed by atoms with Crippen LogP contribution in [0.15, 0.2) is 21.0 Å². The van der Waals surface area contributed by atoms with Crippen molar-refractivity contribution in [1.29, 1.82) is 0 Å². The molecule has 0 aliphatic heterocycles. The van der Waals surface area contributed by atoms with Crippen LogP contribution in [0, 0.1) is 0 Å². The predicted molar refractivity (Wildman–Crippen MR) is 119 cm³/mol. The largest absolute Gasteiger partial charge is 0.359 e. The van der Waals surface area contributed by atoms with Crippen molar-refractivity contribution in [2.75, 3.05) is 26.0 Å². The van der Waals surface area contributed by atoms with Gasteiger partial charge in [-0.05, 0) is 12.8 Å². The molecule has 0 aliphatic rings. The number of hydrogen-bond donors (Lipinski definition) is 2. The second-order valence-electron chi connectivity index (χ2n) is 6.03. The van der Waals surface area contributed by atoms with Crippen molar-refractivity contribution in [2.45, 2.75) is 45.7 Å². The zero-order valence-electron chi connectivity index (χ0n) is 16.1. The first-order valence-corrected chi connectivity index (χ1v) is 9.47. The minimum atomic E-state index is 0. The maximum atomic E-state index is 5.43. The minimum absolute atomic E-state index is 0. The highest BCUT2D eigenvalue weighted by atomic mass is 127. The van der Waals surface area contributed by atoms with E-state index in [1.807, 2.05) is 30.4 Å². The van der Waals surface area contributed by atoms with E-state index in [2.05, 4.69) is 39.6 Å². The van der Waals surface area contributed by atoms with Gasteiger partial charge in [-0.3, -0.25) is 4.99 Å². The van der Waals surface area contributed by atoms with Crippen molar-refractivity contribution in [1.82, 2.24) is 20.8 Å². The predicted octanol–water partition coefficient (Wildman–Crippen LogP) is 3.58. The fourth-order valence-electron chi connectivity index (χ4n) is 2.46. The van der Waals surface area contributed by atoms with Crippen LogP contribution in [0.5, 0.6) is 0 Å². The Balaban J connectivity index is 0.00000338. The number of thiazole rings is 1. The molecule has 0 saturated heterocycles. The third-order valence-corrected chi connectivity index (χ3v) is 5.05. The lowest BCUT2D eigenvalue weighted by Gasteiger charge is -2.10. The highest BCUT2D eigenvalue weighted by Gasteiger charge is 2.13. The summed E-state index contributed by atoms with van der Waals surface area (Å²) in [5, 5.41) is 13.7. The first kappa shape index (κ1) is 22.7. The maximum absolute atomic E-state index is 5.43. The van der Waals surface area contributed by atoms with Gasteiger partial charge in [0, 0.05) is 38.5 Å². The number of nitrogens with zero attached hydrogens (tertiary/aromatic N) is 4. The number of anilines is 1. The lowest BCUT2D eigenvalue weighted by atomic mass is 9.99. The van der Waals surface area contributed by atoms with Crippen LogP contribution in [0.4, 0.5) is 5.13 Å². The molecule has 0 radical (unpaired) electrons.